The highest BCUT2D eigenvalue weighted by Gasteiger charge is 2.16. The average Bonchev–Trinajstić information content (AvgIpc) is 3.09. The van der Waals surface area contributed by atoms with Gasteiger partial charge >= 0.3 is 0 Å². The van der Waals surface area contributed by atoms with Gasteiger partial charge in [0.15, 0.2) is 5.65 Å². The van der Waals surface area contributed by atoms with Crippen LogP contribution < -0.4 is 10.1 Å². The van der Waals surface area contributed by atoms with Gasteiger partial charge in [0.25, 0.3) is 5.91 Å². The molecule has 8 nitrogen and oxygen atoms in total. The second-order valence-corrected chi connectivity index (χ2v) is 5.79. The third-order valence-corrected chi connectivity index (χ3v) is 3.67. The van der Waals surface area contributed by atoms with Crippen molar-refractivity contribution in [1.29, 1.82) is 0 Å². The molecule has 1 N–H and O–H groups in total. The number of ether oxygens (including phenoxy) is 1. The summed E-state index contributed by atoms with van der Waals surface area (Å²) in [5.74, 6) is -0.468. The number of nitrogens with one attached hydrogen (secondary N) is 1. The molecule has 10 heteroatoms. The molecular formula is C17H10ClFN6O2. The molecule has 4 heterocycles. The van der Waals surface area contributed by atoms with Gasteiger partial charge in [0, 0.05) is 12.3 Å². The van der Waals surface area contributed by atoms with Crippen LogP contribution in [0.5, 0.6) is 11.5 Å². The smallest absolute Gasteiger partial charge is 0.260 e. The summed E-state index contributed by atoms with van der Waals surface area (Å²) in [6.45, 7) is 0. The van der Waals surface area contributed by atoms with Crippen molar-refractivity contribution in [1.82, 2.24) is 24.6 Å². The summed E-state index contributed by atoms with van der Waals surface area (Å²) in [7, 11) is 0. The number of fused-ring (bicyclic) bond motifs is 1. The first-order chi connectivity index (χ1) is 13.1. The first-order valence-electron chi connectivity index (χ1n) is 7.64. The first kappa shape index (κ1) is 16.9. The molecule has 0 spiro atoms. The van der Waals surface area contributed by atoms with Crippen molar-refractivity contribution in [2.75, 3.05) is 5.32 Å². The summed E-state index contributed by atoms with van der Waals surface area (Å²) in [5, 5.41) is 6.96. The van der Waals surface area contributed by atoms with Gasteiger partial charge in [-0.25, -0.2) is 14.5 Å². The summed E-state index contributed by atoms with van der Waals surface area (Å²) in [4.78, 5) is 24.3. The van der Waals surface area contributed by atoms with E-state index in [1.165, 1.54) is 47.5 Å². The zero-order valence-electron chi connectivity index (χ0n) is 13.5. The largest absolute Gasteiger partial charge is 0.454 e. The second kappa shape index (κ2) is 6.96. The van der Waals surface area contributed by atoms with Gasteiger partial charge in [-0.3, -0.25) is 9.78 Å². The zero-order valence-corrected chi connectivity index (χ0v) is 14.3. The third kappa shape index (κ3) is 3.67. The minimum Gasteiger partial charge on any atom is -0.454 e. The molecule has 27 heavy (non-hydrogen) atoms. The third-order valence-electron chi connectivity index (χ3n) is 3.47. The van der Waals surface area contributed by atoms with E-state index in [9.17, 15) is 9.18 Å². The Morgan fingerprint density at radius 2 is 2.11 bits per heavy atom. The number of pyridine rings is 3. The lowest BCUT2D eigenvalue weighted by atomic mass is 10.2. The van der Waals surface area contributed by atoms with E-state index < -0.39 is 11.9 Å². The van der Waals surface area contributed by atoms with Crippen LogP contribution in [0.25, 0.3) is 5.65 Å². The molecule has 4 aromatic rings. The molecule has 0 bridgehead atoms. The summed E-state index contributed by atoms with van der Waals surface area (Å²) in [6.07, 6.45) is 5.81. The van der Waals surface area contributed by atoms with Crippen molar-refractivity contribution in [2.24, 2.45) is 0 Å². The Hall–Kier alpha value is -3.59. The Labute approximate surface area is 156 Å². The first-order valence-corrected chi connectivity index (χ1v) is 8.02. The Balaban J connectivity index is 1.69. The van der Waals surface area contributed by atoms with Crippen LogP contribution in [0.2, 0.25) is 5.02 Å². The molecule has 0 radical (unpaired) electrons. The molecule has 1 amide bonds. The Kier molecular flexibility index (Phi) is 4.35. The number of halogens is 2. The van der Waals surface area contributed by atoms with Gasteiger partial charge < -0.3 is 10.1 Å². The number of carbonyl (C=O) groups excluding carboxylic acids is 1. The second-order valence-electron chi connectivity index (χ2n) is 5.36. The molecule has 0 atom stereocenters. The molecule has 0 aliphatic rings. The minimum absolute atomic E-state index is 0.0722. The molecular weight excluding hydrogens is 375 g/mol. The Morgan fingerprint density at radius 3 is 2.93 bits per heavy atom. The SMILES string of the molecule is O=C(Nc1cccc(F)n1)c1cc(Oc2cncc(Cl)c2)cn2ncnc12. The van der Waals surface area contributed by atoms with Gasteiger partial charge in [-0.1, -0.05) is 17.7 Å². The quantitative estimate of drug-likeness (QED) is 0.542. The van der Waals surface area contributed by atoms with E-state index in [4.69, 9.17) is 16.3 Å². The van der Waals surface area contributed by atoms with E-state index >= 15 is 0 Å². The van der Waals surface area contributed by atoms with Gasteiger partial charge in [0.1, 0.15) is 23.6 Å². The van der Waals surface area contributed by atoms with E-state index in [1.807, 2.05) is 0 Å². The van der Waals surface area contributed by atoms with Crippen molar-refractivity contribution in [3.63, 3.8) is 0 Å². The fourth-order valence-electron chi connectivity index (χ4n) is 2.37. The van der Waals surface area contributed by atoms with E-state index in [0.29, 0.717) is 22.2 Å². The van der Waals surface area contributed by atoms with Crippen molar-refractivity contribution in [3.8, 4) is 11.5 Å². The number of carbonyl (C=O) groups is 1. The summed E-state index contributed by atoms with van der Waals surface area (Å²) < 4.78 is 20.3. The normalized spacial score (nSPS) is 10.7. The maximum absolute atomic E-state index is 13.2. The van der Waals surface area contributed by atoms with Crippen LogP contribution in [0.4, 0.5) is 10.2 Å². The van der Waals surface area contributed by atoms with E-state index in [2.05, 4.69) is 25.4 Å². The predicted octanol–water partition coefficient (Wildman–Crippen LogP) is 3.36. The molecule has 0 aliphatic carbocycles. The topological polar surface area (TPSA) is 94.3 Å². The van der Waals surface area contributed by atoms with Crippen molar-refractivity contribution in [2.45, 2.75) is 0 Å². The van der Waals surface area contributed by atoms with Crippen molar-refractivity contribution >= 4 is 29.0 Å². The predicted molar refractivity (Wildman–Crippen MR) is 94.5 cm³/mol. The molecule has 134 valence electrons. The van der Waals surface area contributed by atoms with Crippen LogP contribution in [0, 0.1) is 5.95 Å². The van der Waals surface area contributed by atoms with E-state index in [1.54, 1.807) is 12.3 Å². The van der Waals surface area contributed by atoms with E-state index in [0.717, 1.165) is 0 Å². The number of nitrogens with zero attached hydrogens (tertiary/aromatic N) is 5. The molecule has 4 rings (SSSR count). The number of hydrogen-bond donors (Lipinski definition) is 1. The zero-order chi connectivity index (χ0) is 18.8. The van der Waals surface area contributed by atoms with Crippen LogP contribution in [0.15, 0.2) is 55.2 Å². The lowest BCUT2D eigenvalue weighted by Crippen LogP contribution is -2.15. The summed E-state index contributed by atoms with van der Waals surface area (Å²) in [5.41, 5.74) is 0.478. The number of hydrogen-bond acceptors (Lipinski definition) is 6. The molecule has 4 aromatic heterocycles. The maximum Gasteiger partial charge on any atom is 0.260 e. The lowest BCUT2D eigenvalue weighted by Gasteiger charge is -2.09. The monoisotopic (exact) mass is 384 g/mol. The van der Waals surface area contributed by atoms with Gasteiger partial charge in [-0.2, -0.15) is 9.49 Å². The number of rotatable bonds is 4. The van der Waals surface area contributed by atoms with Gasteiger partial charge in [-0.15, -0.1) is 0 Å². The van der Waals surface area contributed by atoms with Crippen LogP contribution in [-0.4, -0.2) is 30.5 Å². The molecule has 0 unspecified atom stereocenters. The van der Waals surface area contributed by atoms with Crippen LogP contribution in [-0.2, 0) is 0 Å². The number of aromatic nitrogens is 5. The van der Waals surface area contributed by atoms with Crippen molar-refractivity contribution in [3.05, 3.63) is 71.8 Å². The summed E-state index contributed by atoms with van der Waals surface area (Å²) >= 11 is 5.90. The fraction of sp³-hybridized carbons (Fsp3) is 0. The number of amides is 1. The molecule has 0 saturated carbocycles. The van der Waals surface area contributed by atoms with Crippen LogP contribution >= 0.6 is 11.6 Å². The van der Waals surface area contributed by atoms with E-state index in [-0.39, 0.29) is 11.4 Å². The lowest BCUT2D eigenvalue weighted by molar-refractivity contribution is 0.102. The summed E-state index contributed by atoms with van der Waals surface area (Å²) in [6, 6.07) is 7.16. The highest BCUT2D eigenvalue weighted by Crippen LogP contribution is 2.25. The standard InChI is InChI=1S/C17H10ClFN6O2/c18-10-4-11(7-20-6-10)27-12-5-13(16-21-9-22-25(16)8-12)17(26)24-15-3-1-2-14(19)23-15/h1-9H,(H,23,24,26). The molecule has 0 saturated heterocycles. The minimum atomic E-state index is -0.703. The van der Waals surface area contributed by atoms with Gasteiger partial charge in [-0.05, 0) is 18.2 Å². The Morgan fingerprint density at radius 1 is 1.22 bits per heavy atom. The highest BCUT2D eigenvalue weighted by molar-refractivity contribution is 6.30. The maximum atomic E-state index is 13.2. The van der Waals surface area contributed by atoms with Crippen LogP contribution in [0.3, 0.4) is 0 Å². The molecule has 0 fully saturated rings. The van der Waals surface area contributed by atoms with Crippen molar-refractivity contribution < 1.29 is 13.9 Å². The van der Waals surface area contributed by atoms with Gasteiger partial charge in [0.2, 0.25) is 5.95 Å². The average molecular weight is 385 g/mol. The van der Waals surface area contributed by atoms with Gasteiger partial charge in [0.05, 0.1) is 23.0 Å². The number of anilines is 1. The molecule has 0 aromatic carbocycles. The Bertz CT molecular complexity index is 1150. The molecule has 0 aliphatic heterocycles. The van der Waals surface area contributed by atoms with Crippen LogP contribution in [0.1, 0.15) is 10.4 Å². The fourth-order valence-corrected chi connectivity index (χ4v) is 2.53. The highest BCUT2D eigenvalue weighted by atomic mass is 35.5.